The molecule has 0 amide bonds. The average molecular weight is 364 g/mol. The van der Waals surface area contributed by atoms with Gasteiger partial charge in [0.05, 0.1) is 13.2 Å². The molecule has 1 aliphatic rings. The van der Waals surface area contributed by atoms with E-state index in [1.54, 1.807) is 10.6 Å². The minimum atomic E-state index is 0.0427. The van der Waals surface area contributed by atoms with E-state index in [2.05, 4.69) is 10.00 Å². The molecule has 1 aliphatic heterocycles. The smallest absolute Gasteiger partial charge is 0.231 e. The Morgan fingerprint density at radius 3 is 2.56 bits per heavy atom. The van der Waals surface area contributed by atoms with Crippen LogP contribution in [-0.2, 0) is 0 Å². The molecule has 1 saturated heterocycles. The molecule has 0 atom stereocenters. The molecule has 3 aromatic rings. The summed E-state index contributed by atoms with van der Waals surface area (Å²) >= 11 is 0. The number of hydrogen-bond acceptors (Lipinski definition) is 5. The Hall–Kier alpha value is -2.73. The zero-order valence-corrected chi connectivity index (χ0v) is 15.8. The summed E-state index contributed by atoms with van der Waals surface area (Å²) in [5.41, 5.74) is 3.96. The Kier molecular flexibility index (Phi) is 4.90. The fourth-order valence-corrected chi connectivity index (χ4v) is 3.52. The zero-order chi connectivity index (χ0) is 18.8. The van der Waals surface area contributed by atoms with E-state index in [4.69, 9.17) is 9.72 Å². The van der Waals surface area contributed by atoms with Gasteiger partial charge in [-0.05, 0) is 45.8 Å². The lowest BCUT2D eigenvalue weighted by Crippen LogP contribution is -2.28. The molecule has 0 unspecified atom stereocenters. The van der Waals surface area contributed by atoms with E-state index in [1.807, 2.05) is 44.2 Å². The molecule has 4 rings (SSSR count). The van der Waals surface area contributed by atoms with Crippen molar-refractivity contribution in [2.45, 2.75) is 26.7 Å². The molecule has 1 fully saturated rings. The van der Waals surface area contributed by atoms with Crippen LogP contribution >= 0.6 is 0 Å². The number of aryl methyl sites for hydroxylation is 1. The van der Waals surface area contributed by atoms with Crippen molar-refractivity contribution in [2.24, 2.45) is 0 Å². The second-order valence-corrected chi connectivity index (χ2v) is 6.96. The number of aromatic nitrogens is 3. The summed E-state index contributed by atoms with van der Waals surface area (Å²) in [4.78, 5) is 20.1. The number of nitrogens with zero attached hydrogens (tertiary/aromatic N) is 4. The molecule has 27 heavy (non-hydrogen) atoms. The van der Waals surface area contributed by atoms with Crippen molar-refractivity contribution in [1.29, 1.82) is 0 Å². The van der Waals surface area contributed by atoms with E-state index < -0.39 is 0 Å². The Labute approximate surface area is 158 Å². The minimum absolute atomic E-state index is 0.0427. The first kappa shape index (κ1) is 17.7. The molecule has 2 aromatic heterocycles. The van der Waals surface area contributed by atoms with Crippen molar-refractivity contribution in [3.63, 3.8) is 0 Å². The predicted molar refractivity (Wildman–Crippen MR) is 104 cm³/mol. The Balaban J connectivity index is 1.82. The van der Waals surface area contributed by atoms with Crippen LogP contribution < -0.4 is 4.74 Å². The summed E-state index contributed by atoms with van der Waals surface area (Å²) in [5.74, 6) is 0.536. The summed E-state index contributed by atoms with van der Waals surface area (Å²) in [6.07, 6.45) is 2.30. The molecule has 1 aromatic carbocycles. The van der Waals surface area contributed by atoms with Crippen LogP contribution in [-0.4, -0.2) is 51.5 Å². The Morgan fingerprint density at radius 1 is 1.11 bits per heavy atom. The maximum absolute atomic E-state index is 13.2. The second kappa shape index (κ2) is 7.48. The van der Waals surface area contributed by atoms with Gasteiger partial charge in [-0.25, -0.2) is 9.50 Å². The van der Waals surface area contributed by atoms with Crippen molar-refractivity contribution < 1.29 is 9.53 Å². The molecule has 0 radical (unpaired) electrons. The summed E-state index contributed by atoms with van der Waals surface area (Å²) in [6.45, 7) is 6.82. The number of Topliss-reactive ketones (excluding diaryl/α,β-unsaturated/α-hetero) is 1. The van der Waals surface area contributed by atoms with Gasteiger partial charge in [0.1, 0.15) is 11.4 Å². The van der Waals surface area contributed by atoms with Crippen molar-refractivity contribution in [3.05, 3.63) is 47.7 Å². The molecule has 0 bridgehead atoms. The van der Waals surface area contributed by atoms with Crippen LogP contribution in [0.1, 0.15) is 35.8 Å². The van der Waals surface area contributed by atoms with E-state index >= 15 is 0 Å². The number of carbonyl (C=O) groups excluding carboxylic acids is 1. The van der Waals surface area contributed by atoms with Gasteiger partial charge in [-0.2, -0.15) is 0 Å². The van der Waals surface area contributed by atoms with Gasteiger partial charge in [0.25, 0.3) is 0 Å². The molecule has 0 saturated carbocycles. The molecule has 0 aliphatic carbocycles. The van der Waals surface area contributed by atoms with Gasteiger partial charge in [0.2, 0.25) is 5.88 Å². The number of fused-ring (bicyclic) bond motifs is 1. The van der Waals surface area contributed by atoms with E-state index in [9.17, 15) is 4.79 Å². The predicted octanol–water partition coefficient (Wildman–Crippen LogP) is 3.38. The SMILES string of the molecule is CCOc1ccc2nc(-c3ccc(C)cc3)c(C(=O)CN3CCCC3)n2n1. The normalized spacial score (nSPS) is 14.7. The molecule has 0 N–H and O–H groups in total. The Morgan fingerprint density at radius 2 is 1.85 bits per heavy atom. The maximum Gasteiger partial charge on any atom is 0.231 e. The number of rotatable bonds is 6. The lowest BCUT2D eigenvalue weighted by atomic mass is 10.1. The summed E-state index contributed by atoms with van der Waals surface area (Å²) in [7, 11) is 0. The standard InChI is InChI=1S/C21H24N4O2/c1-3-27-19-11-10-18-22-20(16-8-6-15(2)7-9-16)21(25(18)23-19)17(26)14-24-12-4-5-13-24/h6-11H,3-5,12-14H2,1-2H3. The van der Waals surface area contributed by atoms with Crippen molar-refractivity contribution in [3.8, 4) is 17.1 Å². The van der Waals surface area contributed by atoms with Gasteiger partial charge < -0.3 is 4.74 Å². The lowest BCUT2D eigenvalue weighted by molar-refractivity contribution is 0.0939. The number of likely N-dealkylation sites (tertiary alicyclic amines) is 1. The first-order valence-corrected chi connectivity index (χ1v) is 9.51. The highest BCUT2D eigenvalue weighted by Gasteiger charge is 2.25. The van der Waals surface area contributed by atoms with Gasteiger partial charge in [-0.1, -0.05) is 29.8 Å². The number of imidazole rings is 1. The number of ketones is 1. The highest BCUT2D eigenvalue weighted by atomic mass is 16.5. The van der Waals surface area contributed by atoms with E-state index in [1.165, 1.54) is 5.56 Å². The van der Waals surface area contributed by atoms with Crippen LogP contribution in [0.3, 0.4) is 0 Å². The zero-order valence-electron chi connectivity index (χ0n) is 15.8. The maximum atomic E-state index is 13.2. The largest absolute Gasteiger partial charge is 0.477 e. The van der Waals surface area contributed by atoms with Crippen molar-refractivity contribution >= 4 is 11.4 Å². The fourth-order valence-electron chi connectivity index (χ4n) is 3.52. The third-order valence-corrected chi connectivity index (χ3v) is 4.90. The highest BCUT2D eigenvalue weighted by Crippen LogP contribution is 2.26. The molecular weight excluding hydrogens is 340 g/mol. The second-order valence-electron chi connectivity index (χ2n) is 6.96. The van der Waals surface area contributed by atoms with Gasteiger partial charge in [-0.15, -0.1) is 5.10 Å². The van der Waals surface area contributed by atoms with E-state index in [0.29, 0.717) is 36.1 Å². The van der Waals surface area contributed by atoms with Crippen LogP contribution in [0.25, 0.3) is 16.9 Å². The molecule has 140 valence electrons. The first-order chi connectivity index (χ1) is 13.2. The number of carbonyl (C=O) groups is 1. The van der Waals surface area contributed by atoms with Crippen molar-refractivity contribution in [2.75, 3.05) is 26.2 Å². The topological polar surface area (TPSA) is 59.7 Å². The molecule has 6 heteroatoms. The fraction of sp³-hybridized carbons (Fsp3) is 0.381. The van der Waals surface area contributed by atoms with Gasteiger partial charge in [0, 0.05) is 11.6 Å². The van der Waals surface area contributed by atoms with Gasteiger partial charge >= 0.3 is 0 Å². The Bertz CT molecular complexity index is 956. The number of ether oxygens (including phenoxy) is 1. The molecule has 0 spiro atoms. The van der Waals surface area contributed by atoms with Gasteiger partial charge in [-0.3, -0.25) is 9.69 Å². The highest BCUT2D eigenvalue weighted by molar-refractivity contribution is 6.02. The molecule has 6 nitrogen and oxygen atoms in total. The van der Waals surface area contributed by atoms with E-state index in [-0.39, 0.29) is 5.78 Å². The third kappa shape index (κ3) is 3.57. The van der Waals surface area contributed by atoms with Crippen LogP contribution in [0.15, 0.2) is 36.4 Å². The van der Waals surface area contributed by atoms with Crippen LogP contribution in [0.5, 0.6) is 5.88 Å². The van der Waals surface area contributed by atoms with E-state index in [0.717, 1.165) is 31.5 Å². The number of hydrogen-bond donors (Lipinski definition) is 0. The summed E-state index contributed by atoms with van der Waals surface area (Å²) in [5, 5.41) is 4.52. The quantitative estimate of drug-likeness (QED) is 0.628. The first-order valence-electron chi connectivity index (χ1n) is 9.51. The molecular formula is C21H24N4O2. The number of benzene rings is 1. The third-order valence-electron chi connectivity index (χ3n) is 4.90. The van der Waals surface area contributed by atoms with Crippen LogP contribution in [0, 0.1) is 6.92 Å². The summed E-state index contributed by atoms with van der Waals surface area (Å²) < 4.78 is 7.17. The van der Waals surface area contributed by atoms with Gasteiger partial charge in [0.15, 0.2) is 11.4 Å². The average Bonchev–Trinajstić information content (AvgIpc) is 3.29. The summed E-state index contributed by atoms with van der Waals surface area (Å²) in [6, 6.07) is 11.7. The minimum Gasteiger partial charge on any atom is -0.477 e. The monoisotopic (exact) mass is 364 g/mol. The van der Waals surface area contributed by atoms with Crippen molar-refractivity contribution in [1.82, 2.24) is 19.5 Å². The lowest BCUT2D eigenvalue weighted by Gasteiger charge is -2.13. The molecule has 3 heterocycles. The van der Waals surface area contributed by atoms with Crippen LogP contribution in [0.4, 0.5) is 0 Å². The van der Waals surface area contributed by atoms with Crippen LogP contribution in [0.2, 0.25) is 0 Å².